The van der Waals surface area contributed by atoms with Gasteiger partial charge in [-0.25, -0.2) is 4.39 Å². The molecule has 0 radical (unpaired) electrons. The zero-order valence-electron chi connectivity index (χ0n) is 11.5. The van der Waals surface area contributed by atoms with Gasteiger partial charge in [-0.1, -0.05) is 12.1 Å². The number of amides is 1. The van der Waals surface area contributed by atoms with E-state index < -0.39 is 12.1 Å². The lowest BCUT2D eigenvalue weighted by Crippen LogP contribution is -2.38. The minimum Gasteiger partial charge on any atom is -0.386 e. The number of ether oxygens (including phenoxy) is 1. The van der Waals surface area contributed by atoms with Gasteiger partial charge in [-0.15, -0.1) is 0 Å². The molecule has 0 saturated carbocycles. The van der Waals surface area contributed by atoms with Gasteiger partial charge in [-0.3, -0.25) is 4.79 Å². The molecule has 2 rings (SSSR count). The Morgan fingerprint density at radius 1 is 1.50 bits per heavy atom. The highest BCUT2D eigenvalue weighted by atomic mass is 19.1. The summed E-state index contributed by atoms with van der Waals surface area (Å²) in [6, 6.07) is 5.18. The highest BCUT2D eigenvalue weighted by Crippen LogP contribution is 2.18. The average Bonchev–Trinajstić information content (AvgIpc) is 2.91. The lowest BCUT2D eigenvalue weighted by atomic mass is 10.0. The molecule has 5 heteroatoms. The summed E-state index contributed by atoms with van der Waals surface area (Å²) in [6.07, 6.45) is 1.35. The summed E-state index contributed by atoms with van der Waals surface area (Å²) in [4.78, 5) is 11.8. The molecule has 1 aliphatic rings. The number of hydrogen-bond donors (Lipinski definition) is 2. The maximum Gasteiger partial charge on any atom is 0.222 e. The van der Waals surface area contributed by atoms with Crippen molar-refractivity contribution < 1.29 is 19.0 Å². The van der Waals surface area contributed by atoms with Gasteiger partial charge in [0.2, 0.25) is 5.91 Å². The van der Waals surface area contributed by atoms with Crippen molar-refractivity contribution in [3.63, 3.8) is 0 Å². The van der Waals surface area contributed by atoms with E-state index in [1.807, 2.05) is 0 Å². The van der Waals surface area contributed by atoms with Crippen LogP contribution in [-0.4, -0.2) is 29.8 Å². The van der Waals surface area contributed by atoms with Gasteiger partial charge in [0.1, 0.15) is 5.82 Å². The third-order valence-electron chi connectivity index (χ3n) is 3.51. The van der Waals surface area contributed by atoms with E-state index in [4.69, 9.17) is 4.74 Å². The first-order valence-corrected chi connectivity index (χ1v) is 6.91. The Bertz CT molecular complexity index is 443. The van der Waals surface area contributed by atoms with Crippen LogP contribution in [0.25, 0.3) is 0 Å². The molecule has 1 saturated heterocycles. The summed E-state index contributed by atoms with van der Waals surface area (Å²) in [5, 5.41) is 12.9. The molecule has 0 spiro atoms. The van der Waals surface area contributed by atoms with Crippen molar-refractivity contribution >= 4 is 5.91 Å². The zero-order chi connectivity index (χ0) is 14.5. The SMILES string of the molecule is CC(NC(=O)CC1CCCO1)C(O)c1ccc(F)cc1. The van der Waals surface area contributed by atoms with Gasteiger partial charge in [0.25, 0.3) is 0 Å². The Morgan fingerprint density at radius 2 is 2.20 bits per heavy atom. The first-order valence-electron chi connectivity index (χ1n) is 6.91. The molecule has 1 fully saturated rings. The molecule has 1 aromatic carbocycles. The van der Waals surface area contributed by atoms with Gasteiger partial charge in [-0.2, -0.15) is 0 Å². The summed E-state index contributed by atoms with van der Waals surface area (Å²) in [5.74, 6) is -0.485. The molecular formula is C15H20FNO3. The van der Waals surface area contributed by atoms with Gasteiger partial charge in [0, 0.05) is 6.61 Å². The molecule has 3 atom stereocenters. The van der Waals surface area contributed by atoms with Gasteiger partial charge in [0.15, 0.2) is 0 Å². The fraction of sp³-hybridized carbons (Fsp3) is 0.533. The molecule has 2 N–H and O–H groups in total. The molecule has 4 nitrogen and oxygen atoms in total. The number of carbonyl (C=O) groups excluding carboxylic acids is 1. The predicted molar refractivity (Wildman–Crippen MR) is 72.6 cm³/mol. The van der Waals surface area contributed by atoms with Crippen LogP contribution in [0.5, 0.6) is 0 Å². The molecule has 3 unspecified atom stereocenters. The number of hydrogen-bond acceptors (Lipinski definition) is 3. The monoisotopic (exact) mass is 281 g/mol. The number of aliphatic hydroxyl groups is 1. The molecule has 1 heterocycles. The number of carbonyl (C=O) groups is 1. The van der Waals surface area contributed by atoms with Crippen LogP contribution in [0.2, 0.25) is 0 Å². The van der Waals surface area contributed by atoms with E-state index in [2.05, 4.69) is 5.32 Å². The van der Waals surface area contributed by atoms with E-state index in [1.165, 1.54) is 24.3 Å². The fourth-order valence-corrected chi connectivity index (χ4v) is 2.35. The minimum atomic E-state index is -0.857. The Hall–Kier alpha value is -1.46. The summed E-state index contributed by atoms with van der Waals surface area (Å²) in [6.45, 7) is 2.44. The number of aliphatic hydroxyl groups excluding tert-OH is 1. The maximum atomic E-state index is 12.8. The lowest BCUT2D eigenvalue weighted by Gasteiger charge is -2.21. The normalized spacial score (nSPS) is 21.4. The Balaban J connectivity index is 1.85. The molecule has 20 heavy (non-hydrogen) atoms. The van der Waals surface area contributed by atoms with E-state index in [1.54, 1.807) is 6.92 Å². The molecule has 0 aromatic heterocycles. The Labute approximate surface area is 117 Å². The smallest absolute Gasteiger partial charge is 0.222 e. The van der Waals surface area contributed by atoms with Crippen molar-refractivity contribution in [1.29, 1.82) is 0 Å². The molecule has 110 valence electrons. The minimum absolute atomic E-state index is 0.00911. The average molecular weight is 281 g/mol. The van der Waals surface area contributed by atoms with Crippen LogP contribution >= 0.6 is 0 Å². The summed E-state index contributed by atoms with van der Waals surface area (Å²) in [5.41, 5.74) is 0.580. The van der Waals surface area contributed by atoms with Crippen molar-refractivity contribution in [2.24, 2.45) is 0 Å². The second-order valence-electron chi connectivity index (χ2n) is 5.19. The number of halogens is 1. The third kappa shape index (κ3) is 4.02. The van der Waals surface area contributed by atoms with Crippen LogP contribution in [0.4, 0.5) is 4.39 Å². The highest BCUT2D eigenvalue weighted by Gasteiger charge is 2.22. The summed E-state index contributed by atoms with van der Waals surface area (Å²) in [7, 11) is 0. The maximum absolute atomic E-state index is 12.8. The topological polar surface area (TPSA) is 58.6 Å². The van der Waals surface area contributed by atoms with Crippen molar-refractivity contribution in [3.05, 3.63) is 35.6 Å². The Morgan fingerprint density at radius 3 is 2.80 bits per heavy atom. The van der Waals surface area contributed by atoms with Gasteiger partial charge in [0.05, 0.1) is 24.7 Å². The van der Waals surface area contributed by atoms with E-state index in [0.717, 1.165) is 12.8 Å². The van der Waals surface area contributed by atoms with Crippen LogP contribution in [-0.2, 0) is 9.53 Å². The molecule has 1 aliphatic heterocycles. The summed E-state index contributed by atoms with van der Waals surface area (Å²) < 4.78 is 18.2. The fourth-order valence-electron chi connectivity index (χ4n) is 2.35. The third-order valence-corrected chi connectivity index (χ3v) is 3.51. The van der Waals surface area contributed by atoms with Gasteiger partial charge < -0.3 is 15.2 Å². The van der Waals surface area contributed by atoms with Crippen molar-refractivity contribution in [2.75, 3.05) is 6.61 Å². The van der Waals surface area contributed by atoms with E-state index in [0.29, 0.717) is 18.6 Å². The second-order valence-corrected chi connectivity index (χ2v) is 5.19. The van der Waals surface area contributed by atoms with Crippen LogP contribution < -0.4 is 5.32 Å². The van der Waals surface area contributed by atoms with Crippen LogP contribution in [0.15, 0.2) is 24.3 Å². The zero-order valence-corrected chi connectivity index (χ0v) is 11.5. The number of nitrogens with one attached hydrogen (secondary N) is 1. The largest absolute Gasteiger partial charge is 0.386 e. The molecular weight excluding hydrogens is 261 g/mol. The van der Waals surface area contributed by atoms with Crippen LogP contribution in [0.1, 0.15) is 37.9 Å². The van der Waals surface area contributed by atoms with Crippen LogP contribution in [0, 0.1) is 5.82 Å². The predicted octanol–water partition coefficient (Wildman–Crippen LogP) is 1.93. The lowest BCUT2D eigenvalue weighted by molar-refractivity contribution is -0.124. The van der Waals surface area contributed by atoms with Crippen LogP contribution in [0.3, 0.4) is 0 Å². The molecule has 1 amide bonds. The van der Waals surface area contributed by atoms with E-state index in [-0.39, 0.29) is 17.8 Å². The quantitative estimate of drug-likeness (QED) is 0.867. The first-order chi connectivity index (χ1) is 9.56. The number of rotatable bonds is 5. The van der Waals surface area contributed by atoms with Crippen molar-refractivity contribution in [3.8, 4) is 0 Å². The molecule has 1 aromatic rings. The van der Waals surface area contributed by atoms with E-state index in [9.17, 15) is 14.3 Å². The molecule has 0 aliphatic carbocycles. The molecule has 0 bridgehead atoms. The highest BCUT2D eigenvalue weighted by molar-refractivity contribution is 5.76. The standard InChI is InChI=1S/C15H20FNO3/c1-10(15(19)11-4-6-12(16)7-5-11)17-14(18)9-13-3-2-8-20-13/h4-7,10,13,15,19H,2-3,8-9H2,1H3,(H,17,18). The van der Waals surface area contributed by atoms with Crippen molar-refractivity contribution in [1.82, 2.24) is 5.32 Å². The summed E-state index contributed by atoms with van der Waals surface area (Å²) >= 11 is 0. The van der Waals surface area contributed by atoms with Gasteiger partial charge in [-0.05, 0) is 37.5 Å². The number of benzene rings is 1. The Kier molecular flexibility index (Phi) is 5.09. The first kappa shape index (κ1) is 14.9. The van der Waals surface area contributed by atoms with Crippen molar-refractivity contribution in [2.45, 2.75) is 44.4 Å². The second kappa shape index (κ2) is 6.81. The van der Waals surface area contributed by atoms with E-state index >= 15 is 0 Å². The van der Waals surface area contributed by atoms with Gasteiger partial charge >= 0.3 is 0 Å².